The Morgan fingerprint density at radius 3 is 2.50 bits per heavy atom. The fourth-order valence-corrected chi connectivity index (χ4v) is 1.71. The van der Waals surface area contributed by atoms with Gasteiger partial charge in [0.2, 0.25) is 0 Å². The van der Waals surface area contributed by atoms with Crippen molar-refractivity contribution in [2.75, 3.05) is 5.32 Å². The fourth-order valence-electron chi connectivity index (χ4n) is 1.37. The zero-order valence-electron chi connectivity index (χ0n) is 9.80. The van der Waals surface area contributed by atoms with Crippen LogP contribution in [0.25, 0.3) is 0 Å². The molecule has 0 aliphatic rings. The van der Waals surface area contributed by atoms with E-state index in [1.807, 2.05) is 0 Å². The van der Waals surface area contributed by atoms with Gasteiger partial charge in [-0.1, -0.05) is 23.2 Å². The van der Waals surface area contributed by atoms with Crippen molar-refractivity contribution in [3.63, 3.8) is 0 Å². The number of halogens is 2. The summed E-state index contributed by atoms with van der Waals surface area (Å²) < 4.78 is 0. The van der Waals surface area contributed by atoms with Crippen molar-refractivity contribution in [3.8, 4) is 0 Å². The summed E-state index contributed by atoms with van der Waals surface area (Å²) in [5, 5.41) is 11.5. The average Bonchev–Trinajstić information content (AvgIpc) is 2.42. The minimum atomic E-state index is -1.10. The van der Waals surface area contributed by atoms with E-state index in [-0.39, 0.29) is 27.1 Å². The highest BCUT2D eigenvalue weighted by Gasteiger charge is 2.13. The number of amides is 1. The van der Waals surface area contributed by atoms with Crippen molar-refractivity contribution >= 4 is 40.9 Å². The molecule has 0 radical (unpaired) electrons. The minimum absolute atomic E-state index is 0.0213. The van der Waals surface area contributed by atoms with Gasteiger partial charge in [-0.3, -0.25) is 4.79 Å². The molecule has 2 aromatic heterocycles. The van der Waals surface area contributed by atoms with Gasteiger partial charge in [0.25, 0.3) is 5.91 Å². The van der Waals surface area contributed by atoms with Gasteiger partial charge in [-0.25, -0.2) is 14.8 Å². The Morgan fingerprint density at radius 1 is 1.15 bits per heavy atom. The van der Waals surface area contributed by atoms with Crippen molar-refractivity contribution in [2.45, 2.75) is 0 Å². The first-order valence-corrected chi connectivity index (χ1v) is 6.04. The summed E-state index contributed by atoms with van der Waals surface area (Å²) >= 11 is 11.5. The number of carbonyl (C=O) groups excluding carboxylic acids is 1. The van der Waals surface area contributed by atoms with E-state index in [1.165, 1.54) is 24.4 Å². The van der Waals surface area contributed by atoms with Gasteiger partial charge in [-0.2, -0.15) is 0 Å². The average molecular weight is 312 g/mol. The molecule has 2 heterocycles. The number of rotatable bonds is 3. The zero-order valence-corrected chi connectivity index (χ0v) is 11.3. The highest BCUT2D eigenvalue weighted by atomic mass is 35.5. The van der Waals surface area contributed by atoms with Gasteiger partial charge in [0.1, 0.15) is 11.0 Å². The molecule has 2 aromatic rings. The van der Waals surface area contributed by atoms with Crippen LogP contribution in [-0.4, -0.2) is 27.0 Å². The van der Waals surface area contributed by atoms with E-state index in [4.69, 9.17) is 28.3 Å². The zero-order chi connectivity index (χ0) is 14.7. The van der Waals surface area contributed by atoms with Gasteiger partial charge in [0, 0.05) is 12.4 Å². The lowest BCUT2D eigenvalue weighted by atomic mass is 10.2. The lowest BCUT2D eigenvalue weighted by Gasteiger charge is -2.06. The maximum Gasteiger partial charge on any atom is 0.337 e. The molecule has 0 aromatic carbocycles. The fraction of sp³-hybridized carbons (Fsp3) is 0. The Labute approximate surface area is 123 Å². The number of hydrogen-bond donors (Lipinski definition) is 2. The van der Waals surface area contributed by atoms with Gasteiger partial charge in [-0.05, 0) is 18.2 Å². The Bertz CT molecular complexity index is 674. The number of nitrogens with one attached hydrogen (secondary N) is 1. The predicted molar refractivity (Wildman–Crippen MR) is 73.4 cm³/mol. The molecule has 0 fully saturated rings. The molecule has 6 nitrogen and oxygen atoms in total. The Balaban J connectivity index is 2.19. The second-order valence-corrected chi connectivity index (χ2v) is 4.47. The summed E-state index contributed by atoms with van der Waals surface area (Å²) in [4.78, 5) is 30.2. The normalized spacial score (nSPS) is 10.1. The molecule has 2 rings (SSSR count). The molecule has 102 valence electrons. The van der Waals surface area contributed by atoms with Gasteiger partial charge in [0.15, 0.2) is 0 Å². The van der Waals surface area contributed by atoms with Crippen LogP contribution in [-0.2, 0) is 0 Å². The van der Waals surface area contributed by atoms with Crippen molar-refractivity contribution in [3.05, 3.63) is 51.9 Å². The molecule has 0 bridgehead atoms. The number of carbonyl (C=O) groups is 2. The second-order valence-electron chi connectivity index (χ2n) is 3.68. The van der Waals surface area contributed by atoms with Crippen LogP contribution >= 0.6 is 23.2 Å². The minimum Gasteiger partial charge on any atom is -0.478 e. The maximum atomic E-state index is 12.0. The first kappa shape index (κ1) is 14.2. The van der Waals surface area contributed by atoms with E-state index >= 15 is 0 Å². The molecular formula is C12H7Cl2N3O3. The molecule has 0 saturated carbocycles. The van der Waals surface area contributed by atoms with Gasteiger partial charge in [-0.15, -0.1) is 0 Å². The van der Waals surface area contributed by atoms with Gasteiger partial charge >= 0.3 is 5.97 Å². The Hall–Kier alpha value is -2.18. The van der Waals surface area contributed by atoms with Crippen LogP contribution in [0.3, 0.4) is 0 Å². The molecule has 20 heavy (non-hydrogen) atoms. The van der Waals surface area contributed by atoms with E-state index in [1.54, 1.807) is 0 Å². The summed E-state index contributed by atoms with van der Waals surface area (Å²) in [6.45, 7) is 0. The maximum absolute atomic E-state index is 12.0. The van der Waals surface area contributed by atoms with Gasteiger partial charge in [0.05, 0.1) is 16.1 Å². The van der Waals surface area contributed by atoms with E-state index in [2.05, 4.69) is 15.3 Å². The summed E-state index contributed by atoms with van der Waals surface area (Å²) in [6, 6.07) is 4.02. The quantitative estimate of drug-likeness (QED) is 0.850. The van der Waals surface area contributed by atoms with Crippen LogP contribution in [0.1, 0.15) is 20.7 Å². The van der Waals surface area contributed by atoms with Crippen LogP contribution < -0.4 is 5.32 Å². The number of aromatic nitrogens is 2. The van der Waals surface area contributed by atoms with Crippen LogP contribution in [0.5, 0.6) is 0 Å². The Kier molecular flexibility index (Phi) is 4.16. The SMILES string of the molecule is O=C(O)c1ccc(NC(=O)c2cc(Cl)ncc2Cl)nc1. The predicted octanol–water partition coefficient (Wildman–Crippen LogP) is 2.73. The van der Waals surface area contributed by atoms with Crippen LogP contribution in [0.15, 0.2) is 30.6 Å². The molecule has 0 aliphatic carbocycles. The highest BCUT2D eigenvalue weighted by Crippen LogP contribution is 2.19. The summed E-state index contributed by atoms with van der Waals surface area (Å²) in [5.41, 5.74) is 0.170. The smallest absolute Gasteiger partial charge is 0.337 e. The second kappa shape index (κ2) is 5.85. The third-order valence-corrected chi connectivity index (χ3v) is 2.83. The molecule has 1 amide bonds. The van der Waals surface area contributed by atoms with Crippen LogP contribution in [0, 0.1) is 0 Å². The standard InChI is InChI=1S/C12H7Cl2N3O3/c13-8-5-15-9(14)3-7(8)11(18)17-10-2-1-6(4-16-10)12(19)20/h1-5H,(H,19,20)(H,16,17,18). The van der Waals surface area contributed by atoms with E-state index in [9.17, 15) is 9.59 Å². The molecule has 0 aliphatic heterocycles. The topological polar surface area (TPSA) is 92.2 Å². The first-order valence-electron chi connectivity index (χ1n) is 5.29. The van der Waals surface area contributed by atoms with Crippen LogP contribution in [0.4, 0.5) is 5.82 Å². The largest absolute Gasteiger partial charge is 0.478 e. The van der Waals surface area contributed by atoms with Crippen LogP contribution in [0.2, 0.25) is 10.2 Å². The lowest BCUT2D eigenvalue weighted by molar-refractivity contribution is 0.0696. The molecular weight excluding hydrogens is 305 g/mol. The number of anilines is 1. The van der Waals surface area contributed by atoms with E-state index < -0.39 is 11.9 Å². The molecule has 2 N–H and O–H groups in total. The summed E-state index contributed by atoms with van der Waals surface area (Å²) in [6.07, 6.45) is 2.40. The first-order chi connectivity index (χ1) is 9.47. The molecule has 0 unspecified atom stereocenters. The third-order valence-electron chi connectivity index (χ3n) is 2.32. The van der Waals surface area contributed by atoms with E-state index in [0.29, 0.717) is 0 Å². The number of aromatic carboxylic acids is 1. The van der Waals surface area contributed by atoms with E-state index in [0.717, 1.165) is 6.20 Å². The number of nitrogens with zero attached hydrogens (tertiary/aromatic N) is 2. The number of pyridine rings is 2. The lowest BCUT2D eigenvalue weighted by Crippen LogP contribution is -2.14. The van der Waals surface area contributed by atoms with Crippen molar-refractivity contribution < 1.29 is 14.7 Å². The summed E-state index contributed by atoms with van der Waals surface area (Å²) in [7, 11) is 0. The monoisotopic (exact) mass is 311 g/mol. The van der Waals surface area contributed by atoms with Crippen molar-refractivity contribution in [1.82, 2.24) is 9.97 Å². The molecule has 0 saturated heterocycles. The van der Waals surface area contributed by atoms with Crippen molar-refractivity contribution in [2.24, 2.45) is 0 Å². The number of carboxylic acid groups (broad SMARTS) is 1. The Morgan fingerprint density at radius 2 is 1.90 bits per heavy atom. The third kappa shape index (κ3) is 3.23. The number of carboxylic acids is 1. The molecule has 0 atom stereocenters. The summed E-state index contributed by atoms with van der Waals surface area (Å²) in [5.74, 6) is -1.42. The molecule has 0 spiro atoms. The van der Waals surface area contributed by atoms with Gasteiger partial charge < -0.3 is 10.4 Å². The molecule has 8 heteroatoms. The number of hydrogen-bond acceptors (Lipinski definition) is 4. The van der Waals surface area contributed by atoms with Crippen molar-refractivity contribution in [1.29, 1.82) is 0 Å². The highest BCUT2D eigenvalue weighted by molar-refractivity contribution is 6.35.